The minimum atomic E-state index is -0.354. The molecular formula is C16H10BrN3OS3. The molecule has 1 aliphatic rings. The summed E-state index contributed by atoms with van der Waals surface area (Å²) < 4.78 is 15.9. The van der Waals surface area contributed by atoms with Gasteiger partial charge in [-0.25, -0.2) is 0 Å². The normalized spacial score (nSPS) is 15.1. The number of halogens is 1. The SMILES string of the molecule is CC1(C)Oc2ccsc2-c2sc(-c3ncc(Br)c4nsnc34)cc21. The maximum Gasteiger partial charge on any atom is 0.140 e. The maximum atomic E-state index is 6.19. The quantitative estimate of drug-likeness (QED) is 0.371. The molecule has 0 aromatic carbocycles. The number of hydrogen-bond acceptors (Lipinski definition) is 7. The van der Waals surface area contributed by atoms with Crippen LogP contribution in [0.25, 0.3) is 31.4 Å². The first kappa shape index (κ1) is 14.9. The maximum absolute atomic E-state index is 6.19. The van der Waals surface area contributed by atoms with Crippen molar-refractivity contribution in [3.63, 3.8) is 0 Å². The molecule has 0 unspecified atom stereocenters. The molecule has 0 amide bonds. The molecule has 0 spiro atoms. The molecule has 0 N–H and O–H groups in total. The van der Waals surface area contributed by atoms with Gasteiger partial charge in [0.25, 0.3) is 0 Å². The summed E-state index contributed by atoms with van der Waals surface area (Å²) in [5.74, 6) is 0.968. The molecule has 0 saturated carbocycles. The second kappa shape index (κ2) is 5.08. The van der Waals surface area contributed by atoms with E-state index in [1.165, 1.54) is 27.0 Å². The number of hydrogen-bond donors (Lipinski definition) is 0. The Morgan fingerprint density at radius 2 is 2.00 bits per heavy atom. The fraction of sp³-hybridized carbons (Fsp3) is 0.188. The molecule has 24 heavy (non-hydrogen) atoms. The highest BCUT2D eigenvalue weighted by Gasteiger charge is 2.36. The lowest BCUT2D eigenvalue weighted by atomic mass is 9.95. The van der Waals surface area contributed by atoms with E-state index >= 15 is 0 Å². The lowest BCUT2D eigenvalue weighted by Gasteiger charge is -2.31. The van der Waals surface area contributed by atoms with Crippen molar-refractivity contribution >= 4 is 61.4 Å². The molecule has 8 heteroatoms. The molecule has 4 nitrogen and oxygen atoms in total. The van der Waals surface area contributed by atoms with Crippen LogP contribution >= 0.6 is 50.3 Å². The number of aromatic nitrogens is 3. The average Bonchev–Trinajstić information content (AvgIpc) is 3.25. The third-order valence-electron chi connectivity index (χ3n) is 4.06. The van der Waals surface area contributed by atoms with Crippen molar-refractivity contribution in [2.45, 2.75) is 19.4 Å². The zero-order chi connectivity index (χ0) is 16.5. The van der Waals surface area contributed by atoms with Crippen LogP contribution in [0, 0.1) is 0 Å². The third-order valence-corrected chi connectivity index (χ3v) is 7.37. The van der Waals surface area contributed by atoms with Crippen LogP contribution in [0.1, 0.15) is 19.4 Å². The third kappa shape index (κ3) is 2.03. The molecule has 0 saturated heterocycles. The first-order valence-corrected chi connectivity index (χ1v) is 10.4. The molecule has 0 radical (unpaired) electrons. The molecule has 0 aliphatic carbocycles. The van der Waals surface area contributed by atoms with Crippen molar-refractivity contribution in [3.8, 4) is 26.1 Å². The second-order valence-electron chi connectivity index (χ2n) is 6.00. The lowest BCUT2D eigenvalue weighted by Crippen LogP contribution is -2.27. The van der Waals surface area contributed by atoms with E-state index in [-0.39, 0.29) is 5.60 Å². The summed E-state index contributed by atoms with van der Waals surface area (Å²) in [6.07, 6.45) is 1.80. The van der Waals surface area contributed by atoms with Gasteiger partial charge >= 0.3 is 0 Å². The minimum Gasteiger partial charge on any atom is -0.482 e. The van der Waals surface area contributed by atoms with Gasteiger partial charge in [0.05, 0.1) is 30.8 Å². The van der Waals surface area contributed by atoms with E-state index in [1.807, 2.05) is 6.07 Å². The van der Waals surface area contributed by atoms with Crippen LogP contribution in [-0.4, -0.2) is 13.7 Å². The summed E-state index contributed by atoms with van der Waals surface area (Å²) >= 11 is 8.18. The molecule has 4 aromatic heterocycles. The van der Waals surface area contributed by atoms with Crippen molar-refractivity contribution in [2.75, 3.05) is 0 Å². The van der Waals surface area contributed by atoms with Crippen LogP contribution in [0.4, 0.5) is 0 Å². The number of ether oxygens (including phenoxy) is 1. The van der Waals surface area contributed by atoms with E-state index in [9.17, 15) is 0 Å². The molecule has 5 heterocycles. The van der Waals surface area contributed by atoms with E-state index in [0.29, 0.717) is 0 Å². The van der Waals surface area contributed by atoms with Gasteiger partial charge in [-0.1, -0.05) is 0 Å². The second-order valence-corrected chi connectivity index (χ2v) is 9.35. The Balaban J connectivity index is 1.78. The molecule has 4 aromatic rings. The summed E-state index contributed by atoms with van der Waals surface area (Å²) in [5, 5.41) is 2.08. The Labute approximate surface area is 158 Å². The van der Waals surface area contributed by atoms with Crippen molar-refractivity contribution in [1.29, 1.82) is 0 Å². The minimum absolute atomic E-state index is 0.354. The predicted octanol–water partition coefficient (Wildman–Crippen LogP) is 5.93. The summed E-state index contributed by atoms with van der Waals surface area (Å²) in [5.41, 5.74) is 3.45. The van der Waals surface area contributed by atoms with Crippen LogP contribution in [0.2, 0.25) is 0 Å². The summed E-state index contributed by atoms with van der Waals surface area (Å²) in [7, 11) is 0. The van der Waals surface area contributed by atoms with Crippen molar-refractivity contribution in [2.24, 2.45) is 0 Å². The van der Waals surface area contributed by atoms with E-state index in [1.54, 1.807) is 28.9 Å². The summed E-state index contributed by atoms with van der Waals surface area (Å²) in [6, 6.07) is 4.24. The molecule has 5 rings (SSSR count). The molecule has 120 valence electrons. The highest BCUT2D eigenvalue weighted by Crippen LogP contribution is 2.53. The van der Waals surface area contributed by atoms with Crippen LogP contribution in [0.3, 0.4) is 0 Å². The average molecular weight is 436 g/mol. The predicted molar refractivity (Wildman–Crippen MR) is 103 cm³/mol. The molecule has 0 fully saturated rings. The van der Waals surface area contributed by atoms with Gasteiger partial charge in [-0.15, -0.1) is 22.7 Å². The molecule has 1 aliphatic heterocycles. The van der Waals surface area contributed by atoms with Crippen LogP contribution in [-0.2, 0) is 5.60 Å². The van der Waals surface area contributed by atoms with Gasteiger partial charge < -0.3 is 4.74 Å². The van der Waals surface area contributed by atoms with Gasteiger partial charge in [0.15, 0.2) is 0 Å². The number of thiophene rings is 2. The Bertz CT molecular complexity index is 1100. The smallest absolute Gasteiger partial charge is 0.140 e. The van der Waals surface area contributed by atoms with E-state index in [4.69, 9.17) is 4.74 Å². The number of nitrogens with zero attached hydrogens (tertiary/aromatic N) is 3. The van der Waals surface area contributed by atoms with E-state index in [2.05, 4.69) is 55.0 Å². The van der Waals surface area contributed by atoms with Gasteiger partial charge in [0.1, 0.15) is 28.1 Å². The van der Waals surface area contributed by atoms with Gasteiger partial charge in [0.2, 0.25) is 0 Å². The highest BCUT2D eigenvalue weighted by molar-refractivity contribution is 9.10. The lowest BCUT2D eigenvalue weighted by molar-refractivity contribution is 0.107. The fourth-order valence-electron chi connectivity index (χ4n) is 2.92. The van der Waals surface area contributed by atoms with E-state index in [0.717, 1.165) is 31.8 Å². The van der Waals surface area contributed by atoms with Crippen LogP contribution in [0.5, 0.6) is 5.75 Å². The topological polar surface area (TPSA) is 47.9 Å². The van der Waals surface area contributed by atoms with Gasteiger partial charge in [-0.3, -0.25) is 4.98 Å². The van der Waals surface area contributed by atoms with Crippen molar-refractivity contribution in [3.05, 3.63) is 33.7 Å². The number of fused-ring (bicyclic) bond motifs is 4. The monoisotopic (exact) mass is 435 g/mol. The first-order valence-electron chi connectivity index (χ1n) is 7.23. The Morgan fingerprint density at radius 1 is 1.17 bits per heavy atom. The number of rotatable bonds is 1. The van der Waals surface area contributed by atoms with Gasteiger partial charge in [0, 0.05) is 11.8 Å². The van der Waals surface area contributed by atoms with E-state index < -0.39 is 0 Å². The number of pyridine rings is 1. The van der Waals surface area contributed by atoms with Gasteiger partial charge in [-0.2, -0.15) is 8.75 Å². The largest absolute Gasteiger partial charge is 0.482 e. The summed E-state index contributed by atoms with van der Waals surface area (Å²) in [4.78, 5) is 8.18. The fourth-order valence-corrected chi connectivity index (χ4v) is 6.27. The highest BCUT2D eigenvalue weighted by atomic mass is 79.9. The molecule has 0 bridgehead atoms. The molecular weight excluding hydrogens is 426 g/mol. The van der Waals surface area contributed by atoms with Crippen LogP contribution < -0.4 is 4.74 Å². The zero-order valence-corrected chi connectivity index (χ0v) is 16.7. The van der Waals surface area contributed by atoms with Gasteiger partial charge in [-0.05, 0) is 47.3 Å². The Kier molecular flexibility index (Phi) is 3.16. The van der Waals surface area contributed by atoms with Crippen LogP contribution in [0.15, 0.2) is 28.2 Å². The Hall–Kier alpha value is -1.35. The Morgan fingerprint density at radius 3 is 2.88 bits per heavy atom. The van der Waals surface area contributed by atoms with Crippen molar-refractivity contribution < 1.29 is 4.74 Å². The van der Waals surface area contributed by atoms with Crippen molar-refractivity contribution in [1.82, 2.24) is 13.7 Å². The molecule has 0 atom stereocenters. The first-order chi connectivity index (χ1) is 11.5. The zero-order valence-electron chi connectivity index (χ0n) is 12.7. The summed E-state index contributed by atoms with van der Waals surface area (Å²) in [6.45, 7) is 4.22. The standard InChI is InChI=1S/C16H10BrN3OS3/c1-16(2)7-5-10(23-14(7)15-9(21-16)3-4-22-15)12-13-11(19-24-20-13)8(17)6-18-12/h3-6H,1-2H3.